The summed E-state index contributed by atoms with van der Waals surface area (Å²) < 4.78 is 0. The van der Waals surface area contributed by atoms with Crippen molar-refractivity contribution in [3.63, 3.8) is 0 Å². The Bertz CT molecular complexity index is 1440. The van der Waals surface area contributed by atoms with Crippen LogP contribution in [0.3, 0.4) is 0 Å². The first-order chi connectivity index (χ1) is 18.6. The van der Waals surface area contributed by atoms with Crippen molar-refractivity contribution in [2.75, 3.05) is 49.5 Å². The first-order valence-corrected chi connectivity index (χ1v) is 13.9. The van der Waals surface area contributed by atoms with Gasteiger partial charge in [0.05, 0.1) is 20.9 Å². The molecule has 2 fully saturated rings. The number of piperazine rings is 1. The number of hydrogen-bond acceptors (Lipinski definition) is 7. The molecule has 0 atom stereocenters. The number of halogens is 1. The predicted molar refractivity (Wildman–Crippen MR) is 148 cm³/mol. The summed E-state index contributed by atoms with van der Waals surface area (Å²) in [6.07, 6.45) is 3.45. The number of pyridine rings is 1. The summed E-state index contributed by atoms with van der Waals surface area (Å²) >= 11 is 7.78. The Labute approximate surface area is 228 Å². The minimum atomic E-state index is -0.321. The van der Waals surface area contributed by atoms with E-state index in [0.717, 1.165) is 42.3 Å². The highest BCUT2D eigenvalue weighted by molar-refractivity contribution is 7.10. The second kappa shape index (κ2) is 10.6. The average Bonchev–Trinajstić information content (AvgIpc) is 3.62. The number of thiazole rings is 1. The molecule has 2 aliphatic heterocycles. The first kappa shape index (κ1) is 24.6. The fourth-order valence-corrected chi connectivity index (χ4v) is 6.29. The molecule has 0 unspecified atom stereocenters. The number of carbonyl (C=O) groups is 2. The number of amides is 3. The van der Waals surface area contributed by atoms with Crippen LogP contribution in [0.5, 0.6) is 0 Å². The number of anilines is 2. The van der Waals surface area contributed by atoms with Gasteiger partial charge in [0.25, 0.3) is 5.91 Å². The molecule has 196 valence electrons. The lowest BCUT2D eigenvalue weighted by Crippen LogP contribution is -2.54. The quantitative estimate of drug-likeness (QED) is 0.389. The zero-order valence-electron chi connectivity index (χ0n) is 20.6. The molecule has 12 heteroatoms. The molecular formula is C26H27ClN8O2S. The lowest BCUT2D eigenvalue weighted by Gasteiger charge is -2.39. The van der Waals surface area contributed by atoms with Gasteiger partial charge in [-0.05, 0) is 37.1 Å². The van der Waals surface area contributed by atoms with Gasteiger partial charge in [0.2, 0.25) is 0 Å². The Morgan fingerprint density at radius 2 is 1.79 bits per heavy atom. The number of fused-ring (bicyclic) bond motifs is 1. The van der Waals surface area contributed by atoms with Gasteiger partial charge in [-0.15, -0.1) is 11.3 Å². The lowest BCUT2D eigenvalue weighted by molar-refractivity contribution is 0.102. The molecule has 0 bridgehead atoms. The maximum atomic E-state index is 13.1. The van der Waals surface area contributed by atoms with Crippen molar-refractivity contribution < 1.29 is 9.59 Å². The van der Waals surface area contributed by atoms with E-state index in [0.29, 0.717) is 48.1 Å². The van der Waals surface area contributed by atoms with Crippen molar-refractivity contribution in [2.24, 2.45) is 0 Å². The summed E-state index contributed by atoms with van der Waals surface area (Å²) in [5.41, 5.74) is 1.11. The normalized spacial score (nSPS) is 16.7. The number of piperidine rings is 1. The van der Waals surface area contributed by atoms with Gasteiger partial charge in [-0.1, -0.05) is 23.7 Å². The first-order valence-electron chi connectivity index (χ1n) is 12.7. The van der Waals surface area contributed by atoms with Crippen molar-refractivity contribution in [1.82, 2.24) is 30.0 Å². The highest BCUT2D eigenvalue weighted by Crippen LogP contribution is 2.32. The lowest BCUT2D eigenvalue weighted by atomic mass is 9.98. The van der Waals surface area contributed by atoms with Gasteiger partial charge in [-0.3, -0.25) is 9.89 Å². The van der Waals surface area contributed by atoms with Gasteiger partial charge in [-0.25, -0.2) is 14.8 Å². The van der Waals surface area contributed by atoms with Crippen molar-refractivity contribution in [3.05, 3.63) is 63.7 Å². The van der Waals surface area contributed by atoms with Crippen LogP contribution in [0.25, 0.3) is 10.9 Å². The van der Waals surface area contributed by atoms with Crippen molar-refractivity contribution in [2.45, 2.75) is 18.8 Å². The summed E-state index contributed by atoms with van der Waals surface area (Å²) in [6.45, 7) is 4.31. The summed E-state index contributed by atoms with van der Waals surface area (Å²) in [5, 5.41) is 13.8. The van der Waals surface area contributed by atoms with Crippen LogP contribution < -0.4 is 10.2 Å². The minimum Gasteiger partial charge on any atom is -0.353 e. The Morgan fingerprint density at radius 3 is 2.55 bits per heavy atom. The molecule has 3 amide bonds. The highest BCUT2D eigenvalue weighted by atomic mass is 35.5. The molecule has 38 heavy (non-hydrogen) atoms. The number of benzene rings is 1. The van der Waals surface area contributed by atoms with Crippen LogP contribution in [0.15, 0.2) is 48.0 Å². The van der Waals surface area contributed by atoms with E-state index in [9.17, 15) is 9.59 Å². The number of likely N-dealkylation sites (tertiary alicyclic amines) is 1. The zero-order chi connectivity index (χ0) is 26.1. The van der Waals surface area contributed by atoms with E-state index >= 15 is 0 Å². The molecule has 4 aromatic rings. The van der Waals surface area contributed by atoms with Crippen LogP contribution in [0.4, 0.5) is 16.4 Å². The van der Waals surface area contributed by atoms with E-state index in [1.165, 1.54) is 11.3 Å². The number of hydrogen-bond donors (Lipinski definition) is 2. The van der Waals surface area contributed by atoms with Crippen LogP contribution in [0.2, 0.25) is 5.02 Å². The predicted octanol–water partition coefficient (Wildman–Crippen LogP) is 4.44. The van der Waals surface area contributed by atoms with Crippen LogP contribution in [-0.2, 0) is 0 Å². The van der Waals surface area contributed by atoms with E-state index < -0.39 is 0 Å². The highest BCUT2D eigenvalue weighted by Gasteiger charge is 2.30. The van der Waals surface area contributed by atoms with E-state index in [2.05, 4.69) is 30.4 Å². The minimum absolute atomic E-state index is 0.105. The number of aromatic nitrogens is 4. The fraction of sp³-hybridized carbons (Fsp3) is 0.346. The van der Waals surface area contributed by atoms with Crippen LogP contribution in [0, 0.1) is 0 Å². The number of H-pyrrole nitrogens is 1. The second-order valence-corrected chi connectivity index (χ2v) is 10.8. The van der Waals surface area contributed by atoms with E-state index in [1.807, 2.05) is 40.1 Å². The molecule has 6 rings (SSSR count). The van der Waals surface area contributed by atoms with Gasteiger partial charge in [0.15, 0.2) is 5.82 Å². The third kappa shape index (κ3) is 4.91. The SMILES string of the molecule is O=C(Nc1n[nH]c2cccc(Cl)c12)c1csc(C2CCN(C(=O)N3CCN(c4ccccn4)CC3)CC2)n1. The van der Waals surface area contributed by atoms with Gasteiger partial charge < -0.3 is 20.0 Å². The zero-order valence-corrected chi connectivity index (χ0v) is 22.2. The second-order valence-electron chi connectivity index (χ2n) is 9.47. The molecule has 0 saturated carbocycles. The Hall–Kier alpha value is -3.70. The van der Waals surface area contributed by atoms with Crippen molar-refractivity contribution in [1.29, 1.82) is 0 Å². The summed E-state index contributed by atoms with van der Waals surface area (Å²) in [4.78, 5) is 41.1. The van der Waals surface area contributed by atoms with E-state index in [-0.39, 0.29) is 17.9 Å². The van der Waals surface area contributed by atoms with Crippen LogP contribution in [0.1, 0.15) is 34.3 Å². The maximum Gasteiger partial charge on any atom is 0.320 e. The molecule has 5 heterocycles. The summed E-state index contributed by atoms with van der Waals surface area (Å²) in [7, 11) is 0. The molecule has 2 aliphatic rings. The number of urea groups is 1. The van der Waals surface area contributed by atoms with Crippen molar-refractivity contribution >= 4 is 57.4 Å². The number of nitrogens with zero attached hydrogens (tertiary/aromatic N) is 6. The van der Waals surface area contributed by atoms with Crippen molar-refractivity contribution in [3.8, 4) is 0 Å². The molecule has 10 nitrogen and oxygen atoms in total. The van der Waals surface area contributed by atoms with Crippen LogP contribution >= 0.6 is 22.9 Å². The summed E-state index contributed by atoms with van der Waals surface area (Å²) in [5.74, 6) is 1.25. The summed E-state index contributed by atoms with van der Waals surface area (Å²) in [6, 6.07) is 11.4. The fourth-order valence-electron chi connectivity index (χ4n) is 5.06. The van der Waals surface area contributed by atoms with Gasteiger partial charge in [0.1, 0.15) is 11.5 Å². The molecule has 2 N–H and O–H groups in total. The molecule has 2 saturated heterocycles. The van der Waals surface area contributed by atoms with Gasteiger partial charge >= 0.3 is 6.03 Å². The Balaban J connectivity index is 1.02. The maximum absolute atomic E-state index is 13.1. The number of rotatable bonds is 4. The molecule has 1 aromatic carbocycles. The van der Waals surface area contributed by atoms with E-state index in [4.69, 9.17) is 11.6 Å². The molecule has 3 aromatic heterocycles. The molecular weight excluding hydrogens is 524 g/mol. The number of aromatic amines is 1. The monoisotopic (exact) mass is 550 g/mol. The van der Waals surface area contributed by atoms with Crippen LogP contribution in [-0.4, -0.2) is 81.2 Å². The third-order valence-electron chi connectivity index (χ3n) is 7.16. The standard InChI is InChI=1S/C26H27ClN8O2S/c27-18-4-3-5-19-22(18)23(32-31-19)30-24(36)20-16-38-25(29-20)17-7-10-34(11-8-17)26(37)35-14-12-33(13-15-35)21-6-1-2-9-28-21/h1-6,9,16-17H,7-8,10-15H2,(H2,30,31,32,36). The Kier molecular flexibility index (Phi) is 6.86. The smallest absolute Gasteiger partial charge is 0.320 e. The number of carbonyl (C=O) groups excluding carboxylic acids is 2. The third-order valence-corrected chi connectivity index (χ3v) is 8.49. The average molecular weight is 551 g/mol. The largest absolute Gasteiger partial charge is 0.353 e. The topological polar surface area (TPSA) is 110 Å². The molecule has 0 aliphatic carbocycles. The van der Waals surface area contributed by atoms with Gasteiger partial charge in [0, 0.05) is 56.8 Å². The van der Waals surface area contributed by atoms with Gasteiger partial charge in [-0.2, -0.15) is 5.10 Å². The van der Waals surface area contributed by atoms with E-state index in [1.54, 1.807) is 17.6 Å². The molecule has 0 spiro atoms. The Morgan fingerprint density at radius 1 is 1.00 bits per heavy atom. The molecule has 0 radical (unpaired) electrons. The number of nitrogens with one attached hydrogen (secondary N) is 2.